The van der Waals surface area contributed by atoms with Gasteiger partial charge in [0.1, 0.15) is 0 Å². The Bertz CT molecular complexity index is 82.3. The molecule has 0 atom stereocenters. The van der Waals surface area contributed by atoms with E-state index in [1.807, 2.05) is 0 Å². The summed E-state index contributed by atoms with van der Waals surface area (Å²) in [7, 11) is 0. The molecule has 0 aliphatic heterocycles. The first-order chi connectivity index (χ1) is 6.91. The van der Waals surface area contributed by atoms with E-state index in [4.69, 9.17) is 9.47 Å². The fourth-order valence-corrected chi connectivity index (χ4v) is 1.06. The maximum Gasteiger partial charge on any atom is 0.0466 e. The number of hydrogen-bond donors (Lipinski definition) is 0. The average molecular weight is 201 g/mol. The number of rotatable bonds is 11. The molecule has 85 valence electrons. The Labute approximate surface area is 89.0 Å². The van der Waals surface area contributed by atoms with Crippen molar-refractivity contribution in [1.29, 1.82) is 0 Å². The van der Waals surface area contributed by atoms with E-state index in [9.17, 15) is 0 Å². The van der Waals surface area contributed by atoms with Gasteiger partial charge in [0.15, 0.2) is 0 Å². The molecule has 0 heterocycles. The van der Waals surface area contributed by atoms with E-state index in [-0.39, 0.29) is 0 Å². The lowest BCUT2D eigenvalue weighted by Crippen LogP contribution is -2.00. The van der Waals surface area contributed by atoms with Crippen LogP contribution in [0.25, 0.3) is 0 Å². The molecule has 0 aliphatic rings. The van der Waals surface area contributed by atoms with Crippen LogP contribution in [0.15, 0.2) is 0 Å². The van der Waals surface area contributed by atoms with Crippen LogP contribution in [0.5, 0.6) is 0 Å². The molecular weight excluding hydrogens is 176 g/mol. The van der Waals surface area contributed by atoms with E-state index in [0.717, 1.165) is 52.1 Å². The largest absolute Gasteiger partial charge is 0.381 e. The summed E-state index contributed by atoms with van der Waals surface area (Å²) in [4.78, 5) is 0. The number of ether oxygens (including phenoxy) is 2. The molecule has 0 saturated carbocycles. The maximum atomic E-state index is 5.44. The van der Waals surface area contributed by atoms with E-state index in [2.05, 4.69) is 13.8 Å². The van der Waals surface area contributed by atoms with Gasteiger partial charge in [-0.2, -0.15) is 0 Å². The first-order valence-electron chi connectivity index (χ1n) is 5.86. The summed E-state index contributed by atoms with van der Waals surface area (Å²) in [6.07, 6.45) is 6.68. The number of unbranched alkanes of at least 4 members (excludes halogenated alkanes) is 3. The SMILES string of the molecule is [CH2]CCCOCCCCOCCCC. The molecular formula is C12H25O2. The fourth-order valence-electron chi connectivity index (χ4n) is 1.06. The van der Waals surface area contributed by atoms with Gasteiger partial charge < -0.3 is 9.47 Å². The van der Waals surface area contributed by atoms with E-state index < -0.39 is 0 Å². The van der Waals surface area contributed by atoms with Gasteiger partial charge >= 0.3 is 0 Å². The van der Waals surface area contributed by atoms with Crippen molar-refractivity contribution in [1.82, 2.24) is 0 Å². The highest BCUT2D eigenvalue weighted by atomic mass is 16.5. The summed E-state index contributed by atoms with van der Waals surface area (Å²) in [5.74, 6) is 0. The Kier molecular flexibility index (Phi) is 12.8. The molecule has 0 unspecified atom stereocenters. The van der Waals surface area contributed by atoms with Crippen molar-refractivity contribution in [3.05, 3.63) is 6.92 Å². The van der Waals surface area contributed by atoms with Gasteiger partial charge in [0.05, 0.1) is 0 Å². The van der Waals surface area contributed by atoms with E-state index in [1.54, 1.807) is 0 Å². The van der Waals surface area contributed by atoms with Gasteiger partial charge in [-0.25, -0.2) is 0 Å². The van der Waals surface area contributed by atoms with Crippen LogP contribution in [-0.4, -0.2) is 26.4 Å². The highest BCUT2D eigenvalue weighted by molar-refractivity contribution is 4.42. The van der Waals surface area contributed by atoms with Crippen molar-refractivity contribution >= 4 is 0 Å². The molecule has 14 heavy (non-hydrogen) atoms. The third-order valence-corrected chi connectivity index (χ3v) is 2.01. The Morgan fingerprint density at radius 3 is 1.79 bits per heavy atom. The highest BCUT2D eigenvalue weighted by Gasteiger charge is 1.90. The average Bonchev–Trinajstić information content (AvgIpc) is 2.21. The Morgan fingerprint density at radius 1 is 0.786 bits per heavy atom. The molecule has 0 aromatic carbocycles. The molecule has 1 radical (unpaired) electrons. The smallest absolute Gasteiger partial charge is 0.0466 e. The summed E-state index contributed by atoms with van der Waals surface area (Å²) in [6, 6.07) is 0. The highest BCUT2D eigenvalue weighted by Crippen LogP contribution is 1.95. The Balaban J connectivity index is 2.78. The van der Waals surface area contributed by atoms with Crippen molar-refractivity contribution in [3.8, 4) is 0 Å². The van der Waals surface area contributed by atoms with E-state index >= 15 is 0 Å². The molecule has 0 rings (SSSR count). The Hall–Kier alpha value is -0.0800. The minimum absolute atomic E-state index is 0.861. The molecule has 0 aromatic rings. The Morgan fingerprint density at radius 2 is 1.29 bits per heavy atom. The summed E-state index contributed by atoms with van der Waals surface area (Å²) >= 11 is 0. The van der Waals surface area contributed by atoms with Crippen LogP contribution in [0.4, 0.5) is 0 Å². The predicted octanol–water partition coefficient (Wildman–Crippen LogP) is 3.21. The second-order valence-electron chi connectivity index (χ2n) is 3.49. The standard InChI is InChI=1S/C12H25O2/c1-3-5-9-13-11-7-8-12-14-10-6-4-2/h1,3-12H2,2H3. The fraction of sp³-hybridized carbons (Fsp3) is 0.917. The molecule has 0 spiro atoms. The molecule has 0 N–H and O–H groups in total. The minimum Gasteiger partial charge on any atom is -0.381 e. The second kappa shape index (κ2) is 12.9. The van der Waals surface area contributed by atoms with Crippen LogP contribution in [0.3, 0.4) is 0 Å². The van der Waals surface area contributed by atoms with Crippen molar-refractivity contribution in [3.63, 3.8) is 0 Å². The van der Waals surface area contributed by atoms with E-state index in [0.29, 0.717) is 0 Å². The first-order valence-corrected chi connectivity index (χ1v) is 5.86. The van der Waals surface area contributed by atoms with E-state index in [1.165, 1.54) is 12.8 Å². The molecule has 0 amide bonds. The molecule has 2 heteroatoms. The summed E-state index contributed by atoms with van der Waals surface area (Å²) in [6.45, 7) is 9.48. The van der Waals surface area contributed by atoms with Gasteiger partial charge in [-0.05, 0) is 25.7 Å². The van der Waals surface area contributed by atoms with Crippen molar-refractivity contribution in [2.45, 2.75) is 45.4 Å². The monoisotopic (exact) mass is 201 g/mol. The normalized spacial score (nSPS) is 10.7. The van der Waals surface area contributed by atoms with Crippen molar-refractivity contribution < 1.29 is 9.47 Å². The lowest BCUT2D eigenvalue weighted by molar-refractivity contribution is 0.101. The number of hydrogen-bond acceptors (Lipinski definition) is 2. The van der Waals surface area contributed by atoms with Crippen LogP contribution in [0.1, 0.15) is 45.4 Å². The minimum atomic E-state index is 0.861. The molecule has 0 saturated heterocycles. The van der Waals surface area contributed by atoms with Crippen LogP contribution >= 0.6 is 0 Å². The van der Waals surface area contributed by atoms with Gasteiger partial charge in [0.25, 0.3) is 0 Å². The maximum absolute atomic E-state index is 5.44. The lowest BCUT2D eigenvalue weighted by Gasteiger charge is -2.04. The van der Waals surface area contributed by atoms with Crippen molar-refractivity contribution in [2.24, 2.45) is 0 Å². The summed E-state index contributed by atoms with van der Waals surface area (Å²) in [5.41, 5.74) is 0. The quantitative estimate of drug-likeness (QED) is 0.478. The third kappa shape index (κ3) is 11.9. The summed E-state index contributed by atoms with van der Waals surface area (Å²) in [5, 5.41) is 0. The first kappa shape index (κ1) is 13.9. The van der Waals surface area contributed by atoms with Gasteiger partial charge in [-0.15, -0.1) is 0 Å². The zero-order valence-corrected chi connectivity index (χ0v) is 9.59. The lowest BCUT2D eigenvalue weighted by atomic mass is 10.3. The van der Waals surface area contributed by atoms with Crippen LogP contribution in [0.2, 0.25) is 0 Å². The molecule has 2 nitrogen and oxygen atoms in total. The predicted molar refractivity (Wildman–Crippen MR) is 60.4 cm³/mol. The van der Waals surface area contributed by atoms with Gasteiger partial charge in [0.2, 0.25) is 0 Å². The van der Waals surface area contributed by atoms with Gasteiger partial charge in [-0.1, -0.05) is 26.7 Å². The zero-order chi connectivity index (χ0) is 10.5. The second-order valence-corrected chi connectivity index (χ2v) is 3.49. The van der Waals surface area contributed by atoms with Crippen molar-refractivity contribution in [2.75, 3.05) is 26.4 Å². The molecule has 0 aliphatic carbocycles. The summed E-state index contributed by atoms with van der Waals surface area (Å²) < 4.78 is 10.8. The van der Waals surface area contributed by atoms with Crippen LogP contribution < -0.4 is 0 Å². The van der Waals surface area contributed by atoms with Gasteiger partial charge in [-0.3, -0.25) is 0 Å². The molecule has 0 bridgehead atoms. The van der Waals surface area contributed by atoms with Crippen LogP contribution in [0, 0.1) is 6.92 Å². The van der Waals surface area contributed by atoms with Crippen LogP contribution in [-0.2, 0) is 9.47 Å². The third-order valence-electron chi connectivity index (χ3n) is 2.01. The zero-order valence-electron chi connectivity index (χ0n) is 9.59. The molecule has 0 fully saturated rings. The molecule has 0 aromatic heterocycles. The van der Waals surface area contributed by atoms with Gasteiger partial charge in [0, 0.05) is 26.4 Å². The topological polar surface area (TPSA) is 18.5 Å².